The first-order chi connectivity index (χ1) is 10.0. The first kappa shape index (κ1) is 16.4. The number of ether oxygens (including phenoxy) is 1. The van der Waals surface area contributed by atoms with E-state index in [2.05, 4.69) is 21.0 Å². The number of amides is 3. The largest absolute Gasteiger partial charge is 0.480 e. The van der Waals surface area contributed by atoms with Gasteiger partial charge < -0.3 is 25.8 Å². The molecule has 0 aliphatic heterocycles. The van der Waals surface area contributed by atoms with Gasteiger partial charge in [-0.25, -0.2) is 4.79 Å². The monoisotopic (exact) mass is 299 g/mol. The van der Waals surface area contributed by atoms with Crippen molar-refractivity contribution in [3.8, 4) is 0 Å². The zero-order valence-electron chi connectivity index (χ0n) is 11.5. The number of urea groups is 1. The van der Waals surface area contributed by atoms with E-state index in [4.69, 9.17) is 9.84 Å². The van der Waals surface area contributed by atoms with E-state index < -0.39 is 24.5 Å². The molecule has 0 atom stereocenters. The smallest absolute Gasteiger partial charge is 0.322 e. The molecule has 0 saturated heterocycles. The summed E-state index contributed by atoms with van der Waals surface area (Å²) in [6, 6.07) is -0.591. The van der Waals surface area contributed by atoms with Gasteiger partial charge in [-0.15, -0.1) is 0 Å². The minimum atomic E-state index is -1.16. The van der Waals surface area contributed by atoms with Gasteiger partial charge in [0.2, 0.25) is 5.91 Å². The van der Waals surface area contributed by atoms with Crippen molar-refractivity contribution in [2.24, 2.45) is 0 Å². The number of carbonyl (C=O) groups excluding carboxylic acids is 2. The van der Waals surface area contributed by atoms with E-state index in [0.717, 1.165) is 0 Å². The maximum absolute atomic E-state index is 11.5. The fourth-order valence-electron chi connectivity index (χ4n) is 1.31. The van der Waals surface area contributed by atoms with Gasteiger partial charge in [0.15, 0.2) is 0 Å². The van der Waals surface area contributed by atoms with Crippen LogP contribution in [0.25, 0.3) is 0 Å². The molecule has 1 heterocycles. The minimum Gasteiger partial charge on any atom is -0.480 e. The summed E-state index contributed by atoms with van der Waals surface area (Å²) in [6.45, 7) is 0.236. The van der Waals surface area contributed by atoms with Crippen molar-refractivity contribution < 1.29 is 24.2 Å². The molecule has 3 amide bonds. The van der Waals surface area contributed by atoms with Crippen LogP contribution in [0.4, 0.5) is 10.5 Å². The number of carbonyl (C=O) groups is 3. The van der Waals surface area contributed by atoms with Crippen molar-refractivity contribution in [1.82, 2.24) is 20.4 Å². The van der Waals surface area contributed by atoms with E-state index >= 15 is 0 Å². The zero-order chi connectivity index (χ0) is 15.7. The molecule has 0 bridgehead atoms. The van der Waals surface area contributed by atoms with Gasteiger partial charge in [0.1, 0.15) is 6.54 Å². The molecule has 1 aromatic heterocycles. The van der Waals surface area contributed by atoms with Gasteiger partial charge in [0.05, 0.1) is 31.6 Å². The van der Waals surface area contributed by atoms with Crippen molar-refractivity contribution in [3.63, 3.8) is 0 Å². The molecule has 10 nitrogen and oxygen atoms in total. The lowest BCUT2D eigenvalue weighted by Crippen LogP contribution is -2.40. The van der Waals surface area contributed by atoms with Crippen molar-refractivity contribution in [3.05, 3.63) is 12.4 Å². The van der Waals surface area contributed by atoms with Crippen LogP contribution in [0.3, 0.4) is 0 Å². The van der Waals surface area contributed by atoms with E-state index in [1.807, 2.05) is 0 Å². The average molecular weight is 299 g/mol. The van der Waals surface area contributed by atoms with E-state index in [1.54, 1.807) is 18.0 Å². The third-order valence-corrected chi connectivity index (χ3v) is 2.26. The minimum absolute atomic E-state index is 0.322. The summed E-state index contributed by atoms with van der Waals surface area (Å²) in [7, 11) is 1.57. The highest BCUT2D eigenvalue weighted by atomic mass is 16.5. The Morgan fingerprint density at radius 1 is 1.33 bits per heavy atom. The number of methoxy groups -OCH3 is 1. The molecule has 0 aliphatic carbocycles. The Bertz CT molecular complexity index is 501. The summed E-state index contributed by atoms with van der Waals surface area (Å²) in [5, 5.41) is 19.3. The summed E-state index contributed by atoms with van der Waals surface area (Å²) >= 11 is 0. The SMILES string of the molecule is COCCn1cc(NC(=O)NCC(=O)NCC(=O)O)cn1. The lowest BCUT2D eigenvalue weighted by atomic mass is 10.5. The lowest BCUT2D eigenvalue weighted by molar-refractivity contribution is -0.137. The van der Waals surface area contributed by atoms with E-state index in [1.165, 1.54) is 6.20 Å². The molecule has 21 heavy (non-hydrogen) atoms. The first-order valence-electron chi connectivity index (χ1n) is 6.06. The fourth-order valence-corrected chi connectivity index (χ4v) is 1.31. The number of aromatic nitrogens is 2. The summed E-state index contributed by atoms with van der Waals surface area (Å²) in [5.41, 5.74) is 0.467. The standard InChI is InChI=1S/C11H17N5O5/c1-21-3-2-16-7-8(4-14-16)15-11(20)13-5-9(17)12-6-10(18)19/h4,7H,2-3,5-6H2,1H3,(H,12,17)(H,18,19)(H2,13,15,20). The number of hydrogen-bond acceptors (Lipinski definition) is 5. The highest BCUT2D eigenvalue weighted by Crippen LogP contribution is 2.03. The molecule has 0 fully saturated rings. The predicted molar refractivity (Wildman–Crippen MR) is 71.8 cm³/mol. The molecule has 0 unspecified atom stereocenters. The van der Waals surface area contributed by atoms with Crippen LogP contribution >= 0.6 is 0 Å². The first-order valence-corrected chi connectivity index (χ1v) is 6.06. The van der Waals surface area contributed by atoms with Crippen LogP contribution in [0, 0.1) is 0 Å². The second-order valence-electron chi connectivity index (χ2n) is 3.96. The second-order valence-corrected chi connectivity index (χ2v) is 3.96. The molecule has 4 N–H and O–H groups in total. The average Bonchev–Trinajstić information content (AvgIpc) is 2.88. The summed E-state index contributed by atoms with van der Waals surface area (Å²) in [5.74, 6) is -1.75. The summed E-state index contributed by atoms with van der Waals surface area (Å²) in [6.07, 6.45) is 3.07. The summed E-state index contributed by atoms with van der Waals surface area (Å²) < 4.78 is 6.49. The molecular formula is C11H17N5O5. The Kier molecular flexibility index (Phi) is 6.68. The Morgan fingerprint density at radius 3 is 2.76 bits per heavy atom. The number of carboxylic acid groups (broad SMARTS) is 1. The van der Waals surface area contributed by atoms with Gasteiger partial charge in [-0.1, -0.05) is 0 Å². The van der Waals surface area contributed by atoms with Crippen LogP contribution in [0.5, 0.6) is 0 Å². The van der Waals surface area contributed by atoms with Gasteiger partial charge in [0.25, 0.3) is 0 Å². The summed E-state index contributed by atoms with van der Waals surface area (Å²) in [4.78, 5) is 32.9. The van der Waals surface area contributed by atoms with Crippen LogP contribution in [-0.4, -0.2) is 59.6 Å². The molecule has 0 aliphatic rings. The third kappa shape index (κ3) is 6.92. The van der Waals surface area contributed by atoms with Crippen molar-refractivity contribution in [1.29, 1.82) is 0 Å². The molecule has 0 spiro atoms. The lowest BCUT2D eigenvalue weighted by Gasteiger charge is -2.05. The molecule has 116 valence electrons. The van der Waals surface area contributed by atoms with Crippen molar-refractivity contribution in [2.75, 3.05) is 32.1 Å². The van der Waals surface area contributed by atoms with Crippen molar-refractivity contribution in [2.45, 2.75) is 6.54 Å². The Labute approximate surface area is 120 Å². The zero-order valence-corrected chi connectivity index (χ0v) is 11.5. The number of anilines is 1. The normalized spacial score (nSPS) is 9.95. The van der Waals surface area contributed by atoms with Gasteiger partial charge in [-0.05, 0) is 0 Å². The number of hydrogen-bond donors (Lipinski definition) is 4. The van der Waals surface area contributed by atoms with E-state index in [9.17, 15) is 14.4 Å². The van der Waals surface area contributed by atoms with E-state index in [-0.39, 0.29) is 6.54 Å². The maximum Gasteiger partial charge on any atom is 0.322 e. The topological polar surface area (TPSA) is 135 Å². The molecule has 1 aromatic rings. The number of aliphatic carboxylic acids is 1. The maximum atomic E-state index is 11.5. The predicted octanol–water partition coefficient (Wildman–Crippen LogP) is -1.15. The van der Waals surface area contributed by atoms with Gasteiger partial charge in [0, 0.05) is 13.3 Å². The highest BCUT2D eigenvalue weighted by Gasteiger charge is 2.07. The Balaban J connectivity index is 2.28. The van der Waals surface area contributed by atoms with Crippen LogP contribution < -0.4 is 16.0 Å². The Hall–Kier alpha value is -2.62. The molecule has 10 heteroatoms. The second kappa shape index (κ2) is 8.53. The molecule has 0 saturated carbocycles. The quantitative estimate of drug-likeness (QED) is 0.479. The van der Waals surface area contributed by atoms with Gasteiger partial charge >= 0.3 is 12.0 Å². The third-order valence-electron chi connectivity index (χ3n) is 2.26. The number of nitrogens with zero attached hydrogens (tertiary/aromatic N) is 2. The van der Waals surface area contributed by atoms with Crippen molar-refractivity contribution >= 4 is 23.6 Å². The van der Waals surface area contributed by atoms with E-state index in [0.29, 0.717) is 18.8 Å². The van der Waals surface area contributed by atoms with Crippen LogP contribution in [0.15, 0.2) is 12.4 Å². The fraction of sp³-hybridized carbons (Fsp3) is 0.455. The van der Waals surface area contributed by atoms with Crippen LogP contribution in [0.2, 0.25) is 0 Å². The highest BCUT2D eigenvalue weighted by molar-refractivity contribution is 5.92. The molecule has 1 rings (SSSR count). The van der Waals surface area contributed by atoms with Gasteiger partial charge in [-0.2, -0.15) is 5.10 Å². The molecule has 0 aromatic carbocycles. The number of rotatable bonds is 8. The van der Waals surface area contributed by atoms with Gasteiger partial charge in [-0.3, -0.25) is 14.3 Å². The van der Waals surface area contributed by atoms with Crippen LogP contribution in [0.1, 0.15) is 0 Å². The molecular weight excluding hydrogens is 282 g/mol. The number of nitrogens with one attached hydrogen (secondary N) is 3. The molecule has 0 radical (unpaired) electrons. The number of carboxylic acids is 1. The van der Waals surface area contributed by atoms with Crippen LogP contribution in [-0.2, 0) is 20.9 Å². The Morgan fingerprint density at radius 2 is 2.10 bits per heavy atom.